The van der Waals surface area contributed by atoms with Gasteiger partial charge in [-0.25, -0.2) is 9.78 Å². The number of H-pyrrole nitrogens is 1. The van der Waals surface area contributed by atoms with Crippen LogP contribution in [-0.2, 0) is 4.79 Å². The number of hydrogen-bond donors (Lipinski definition) is 2. The zero-order valence-electron chi connectivity index (χ0n) is 14.9. The Morgan fingerprint density at radius 3 is 2.52 bits per heavy atom. The minimum absolute atomic E-state index is 0.242. The number of carbonyl (C=O) groups excluding carboxylic acids is 1. The topological polar surface area (TPSA) is 86.3 Å². The second kappa shape index (κ2) is 7.23. The van der Waals surface area contributed by atoms with Crippen molar-refractivity contribution < 1.29 is 14.7 Å². The number of anilines is 1. The highest BCUT2D eigenvalue weighted by atomic mass is 16.4. The number of aromatic amines is 1. The number of nitrogens with one attached hydrogen (secondary N) is 1. The molecule has 1 saturated carbocycles. The third-order valence-corrected chi connectivity index (χ3v) is 5.25. The van der Waals surface area contributed by atoms with Gasteiger partial charge in [0.25, 0.3) is 0 Å². The standard InChI is InChI=1S/C21H21N3O3/c25-13-24(16-4-2-1-3-5-16)17-10-11-18-19(12-17)23-20(22-18)14-6-8-15(9-7-14)21(26)27/h6-13,16H,1-5H2,(H,22,23)(H,26,27). The Bertz CT molecular complexity index is 972. The molecule has 0 unspecified atom stereocenters. The highest BCUT2D eigenvalue weighted by Gasteiger charge is 2.21. The zero-order chi connectivity index (χ0) is 18.8. The molecule has 6 heteroatoms. The van der Waals surface area contributed by atoms with Crippen molar-refractivity contribution in [1.29, 1.82) is 0 Å². The van der Waals surface area contributed by atoms with E-state index in [-0.39, 0.29) is 11.6 Å². The molecule has 1 fully saturated rings. The Hall–Kier alpha value is -3.15. The maximum absolute atomic E-state index is 11.7. The van der Waals surface area contributed by atoms with Crippen molar-refractivity contribution in [2.75, 3.05) is 4.90 Å². The first-order chi connectivity index (χ1) is 13.2. The molecule has 3 aromatic rings. The second-order valence-corrected chi connectivity index (χ2v) is 6.97. The maximum atomic E-state index is 11.7. The molecule has 6 nitrogen and oxygen atoms in total. The normalized spacial score (nSPS) is 15.0. The van der Waals surface area contributed by atoms with Gasteiger partial charge in [-0.3, -0.25) is 4.79 Å². The second-order valence-electron chi connectivity index (χ2n) is 6.97. The lowest BCUT2D eigenvalue weighted by Gasteiger charge is -2.31. The molecule has 0 aliphatic heterocycles. The van der Waals surface area contributed by atoms with E-state index in [0.717, 1.165) is 54.4 Å². The third kappa shape index (κ3) is 3.43. The van der Waals surface area contributed by atoms with Crippen LogP contribution in [0.4, 0.5) is 5.69 Å². The summed E-state index contributed by atoms with van der Waals surface area (Å²) in [6, 6.07) is 12.7. The van der Waals surface area contributed by atoms with Crippen LogP contribution in [0.15, 0.2) is 42.5 Å². The monoisotopic (exact) mass is 363 g/mol. The molecule has 1 aromatic heterocycles. The van der Waals surface area contributed by atoms with Crippen LogP contribution >= 0.6 is 0 Å². The number of aromatic carboxylic acids is 1. The number of carbonyl (C=O) groups is 2. The Morgan fingerprint density at radius 2 is 1.85 bits per heavy atom. The fourth-order valence-corrected chi connectivity index (χ4v) is 3.78. The molecule has 0 bridgehead atoms. The van der Waals surface area contributed by atoms with Gasteiger partial charge in [-0.2, -0.15) is 0 Å². The molecule has 4 rings (SSSR count). The van der Waals surface area contributed by atoms with E-state index in [1.165, 1.54) is 6.42 Å². The molecule has 0 atom stereocenters. The first kappa shape index (κ1) is 17.3. The molecular weight excluding hydrogens is 342 g/mol. The van der Waals surface area contributed by atoms with Gasteiger partial charge in [-0.1, -0.05) is 31.4 Å². The zero-order valence-corrected chi connectivity index (χ0v) is 14.9. The molecule has 0 spiro atoms. The van der Waals surface area contributed by atoms with Crippen LogP contribution in [0.1, 0.15) is 42.5 Å². The lowest BCUT2D eigenvalue weighted by Crippen LogP contribution is -2.35. The highest BCUT2D eigenvalue weighted by Crippen LogP contribution is 2.29. The van der Waals surface area contributed by atoms with Gasteiger partial charge in [0.1, 0.15) is 5.82 Å². The molecule has 1 aliphatic carbocycles. The van der Waals surface area contributed by atoms with Crippen LogP contribution in [0.3, 0.4) is 0 Å². The number of carboxylic acid groups (broad SMARTS) is 1. The number of hydrogen-bond acceptors (Lipinski definition) is 3. The van der Waals surface area contributed by atoms with Gasteiger partial charge in [0.15, 0.2) is 0 Å². The van der Waals surface area contributed by atoms with Crippen LogP contribution in [-0.4, -0.2) is 33.5 Å². The number of rotatable bonds is 5. The van der Waals surface area contributed by atoms with Crippen LogP contribution < -0.4 is 4.90 Å². The molecule has 1 amide bonds. The van der Waals surface area contributed by atoms with E-state index < -0.39 is 5.97 Å². The van der Waals surface area contributed by atoms with Crippen molar-refractivity contribution >= 4 is 29.1 Å². The molecule has 2 N–H and O–H groups in total. The number of fused-ring (bicyclic) bond motifs is 1. The van der Waals surface area contributed by atoms with Gasteiger partial charge in [0.05, 0.1) is 16.6 Å². The predicted octanol–water partition coefficient (Wildman–Crippen LogP) is 4.22. The average Bonchev–Trinajstić information content (AvgIpc) is 3.13. The number of carboxylic acids is 1. The van der Waals surface area contributed by atoms with Gasteiger partial charge in [-0.15, -0.1) is 0 Å². The van der Waals surface area contributed by atoms with E-state index in [1.807, 2.05) is 23.1 Å². The van der Waals surface area contributed by atoms with E-state index in [1.54, 1.807) is 24.3 Å². The number of benzene rings is 2. The van der Waals surface area contributed by atoms with Gasteiger partial charge in [0.2, 0.25) is 6.41 Å². The van der Waals surface area contributed by atoms with E-state index in [2.05, 4.69) is 9.97 Å². The number of amides is 1. The van der Waals surface area contributed by atoms with E-state index >= 15 is 0 Å². The van der Waals surface area contributed by atoms with Crippen LogP contribution in [0.25, 0.3) is 22.4 Å². The summed E-state index contributed by atoms with van der Waals surface area (Å²) in [6.07, 6.45) is 6.57. The maximum Gasteiger partial charge on any atom is 0.335 e. The molecule has 27 heavy (non-hydrogen) atoms. The van der Waals surface area contributed by atoms with Crippen LogP contribution in [0.2, 0.25) is 0 Å². The van der Waals surface area contributed by atoms with Crippen molar-refractivity contribution in [2.24, 2.45) is 0 Å². The number of aromatic nitrogens is 2. The molecule has 1 aliphatic rings. The summed E-state index contributed by atoms with van der Waals surface area (Å²) in [5.41, 5.74) is 3.59. The fourth-order valence-electron chi connectivity index (χ4n) is 3.78. The fraction of sp³-hybridized carbons (Fsp3) is 0.286. The Kier molecular flexibility index (Phi) is 4.62. The first-order valence-corrected chi connectivity index (χ1v) is 9.23. The SMILES string of the molecule is O=CN(c1ccc2[nH]c(-c3ccc(C(=O)O)cc3)nc2c1)C1CCCCC1. The molecule has 0 saturated heterocycles. The van der Waals surface area contributed by atoms with Crippen molar-refractivity contribution in [3.8, 4) is 11.4 Å². The largest absolute Gasteiger partial charge is 0.478 e. The van der Waals surface area contributed by atoms with E-state index in [0.29, 0.717) is 5.82 Å². The molecule has 0 radical (unpaired) electrons. The van der Waals surface area contributed by atoms with Gasteiger partial charge >= 0.3 is 5.97 Å². The summed E-state index contributed by atoms with van der Waals surface area (Å²) >= 11 is 0. The minimum Gasteiger partial charge on any atom is -0.478 e. The minimum atomic E-state index is -0.951. The van der Waals surface area contributed by atoms with Crippen molar-refractivity contribution in [3.63, 3.8) is 0 Å². The third-order valence-electron chi connectivity index (χ3n) is 5.25. The quantitative estimate of drug-likeness (QED) is 0.665. The number of nitrogens with zero attached hydrogens (tertiary/aromatic N) is 2. The smallest absolute Gasteiger partial charge is 0.335 e. The summed E-state index contributed by atoms with van der Waals surface area (Å²) in [5, 5.41) is 9.02. The molecule has 138 valence electrons. The predicted molar refractivity (Wildman–Crippen MR) is 104 cm³/mol. The van der Waals surface area contributed by atoms with E-state index in [4.69, 9.17) is 5.11 Å². The summed E-state index contributed by atoms with van der Waals surface area (Å²) in [5.74, 6) is -0.276. The Labute approximate surface area is 156 Å². The summed E-state index contributed by atoms with van der Waals surface area (Å²) < 4.78 is 0. The van der Waals surface area contributed by atoms with Gasteiger partial charge in [-0.05, 0) is 43.2 Å². The average molecular weight is 363 g/mol. The van der Waals surface area contributed by atoms with E-state index in [9.17, 15) is 9.59 Å². The summed E-state index contributed by atoms with van der Waals surface area (Å²) in [4.78, 5) is 32.4. The van der Waals surface area contributed by atoms with Crippen LogP contribution in [0.5, 0.6) is 0 Å². The summed E-state index contributed by atoms with van der Waals surface area (Å²) in [7, 11) is 0. The van der Waals surface area contributed by atoms with Crippen molar-refractivity contribution in [3.05, 3.63) is 48.0 Å². The molecule has 2 aromatic carbocycles. The van der Waals surface area contributed by atoms with Gasteiger partial charge < -0.3 is 15.0 Å². The van der Waals surface area contributed by atoms with Crippen molar-refractivity contribution in [1.82, 2.24) is 9.97 Å². The Morgan fingerprint density at radius 1 is 1.11 bits per heavy atom. The van der Waals surface area contributed by atoms with Crippen molar-refractivity contribution in [2.45, 2.75) is 38.1 Å². The molecular formula is C21H21N3O3. The van der Waals surface area contributed by atoms with Crippen LogP contribution in [0, 0.1) is 0 Å². The highest BCUT2D eigenvalue weighted by molar-refractivity contribution is 5.89. The lowest BCUT2D eigenvalue weighted by molar-refractivity contribution is -0.108. The number of imidazole rings is 1. The summed E-state index contributed by atoms with van der Waals surface area (Å²) in [6.45, 7) is 0. The lowest BCUT2D eigenvalue weighted by atomic mass is 9.94. The first-order valence-electron chi connectivity index (χ1n) is 9.23. The Balaban J connectivity index is 1.64. The molecule has 1 heterocycles. The van der Waals surface area contributed by atoms with Gasteiger partial charge in [0, 0.05) is 17.3 Å².